The number of rotatable bonds is 25. The zero-order valence-corrected chi connectivity index (χ0v) is 26.7. The summed E-state index contributed by atoms with van der Waals surface area (Å²) in [5, 5.41) is 9.51. The highest BCUT2D eigenvalue weighted by Gasteiger charge is 2.31. The molecular weight excluding hydrogens is 534 g/mol. The average Bonchev–Trinajstić information content (AvgIpc) is 2.92. The molecule has 0 radical (unpaired) electrons. The predicted octanol–water partition coefficient (Wildman–Crippen LogP) is 6.73. The Labute approximate surface area is 254 Å². The Morgan fingerprint density at radius 1 is 0.738 bits per heavy atom. The van der Waals surface area contributed by atoms with Crippen molar-refractivity contribution in [3.63, 3.8) is 0 Å². The van der Waals surface area contributed by atoms with E-state index in [1.165, 1.54) is 0 Å². The monoisotopic (exact) mass is 590 g/mol. The standard InChI is InChI=1S/C34H55NO7/c1-6-8-10-12-14-16-18-20-22-24-32(36)41-29-30(28-40-27-26-31(34(38)39)35(3,4)5)42-33(37)25-23-21-19-17-15-13-11-9-7-2/h8-11,14-17,20,22,30-31H,6-7,12-13,18-19,21,23-29H2,1-5H3/p+1/b10-8+,11-9+,16-14+,17-15+,22-20+. The Hall–Kier alpha value is -2.97. The van der Waals surface area contributed by atoms with Crippen molar-refractivity contribution in [2.24, 2.45) is 0 Å². The Balaban J connectivity index is 4.71. The number of carboxylic acids is 1. The van der Waals surface area contributed by atoms with E-state index in [4.69, 9.17) is 14.2 Å². The van der Waals surface area contributed by atoms with Crippen LogP contribution in [0.15, 0.2) is 60.8 Å². The van der Waals surface area contributed by atoms with Crippen LogP contribution in [0.4, 0.5) is 0 Å². The summed E-state index contributed by atoms with van der Waals surface area (Å²) in [6.45, 7) is 4.28. The van der Waals surface area contributed by atoms with E-state index in [1.54, 1.807) is 6.08 Å². The minimum absolute atomic E-state index is 0.0175. The molecule has 0 aromatic carbocycles. The zero-order valence-electron chi connectivity index (χ0n) is 26.7. The van der Waals surface area contributed by atoms with E-state index in [-0.39, 0.29) is 43.1 Å². The average molecular weight is 591 g/mol. The number of hydrogen-bond acceptors (Lipinski definition) is 6. The van der Waals surface area contributed by atoms with E-state index in [9.17, 15) is 19.5 Å². The number of hydrogen-bond donors (Lipinski definition) is 1. The second-order valence-corrected chi connectivity index (χ2v) is 11.0. The van der Waals surface area contributed by atoms with Crippen molar-refractivity contribution in [1.82, 2.24) is 0 Å². The van der Waals surface area contributed by atoms with Gasteiger partial charge in [-0.05, 0) is 51.4 Å². The van der Waals surface area contributed by atoms with Gasteiger partial charge in [-0.3, -0.25) is 9.59 Å². The lowest BCUT2D eigenvalue weighted by molar-refractivity contribution is -0.887. The first-order valence-electron chi connectivity index (χ1n) is 15.3. The number of carbonyl (C=O) groups is 3. The molecule has 0 aliphatic rings. The van der Waals surface area contributed by atoms with Crippen molar-refractivity contribution in [3.05, 3.63) is 60.8 Å². The number of allylic oxidation sites excluding steroid dienone is 9. The Morgan fingerprint density at radius 3 is 1.88 bits per heavy atom. The number of quaternary nitrogens is 1. The van der Waals surface area contributed by atoms with Gasteiger partial charge in [0.15, 0.2) is 12.1 Å². The molecule has 0 heterocycles. The molecule has 0 aliphatic carbocycles. The summed E-state index contributed by atoms with van der Waals surface area (Å²) < 4.78 is 16.9. The van der Waals surface area contributed by atoms with Crippen molar-refractivity contribution >= 4 is 17.9 Å². The maximum absolute atomic E-state index is 12.5. The van der Waals surface area contributed by atoms with Crippen LogP contribution in [0.1, 0.15) is 84.5 Å². The summed E-state index contributed by atoms with van der Waals surface area (Å²) in [4.78, 5) is 36.3. The topological polar surface area (TPSA) is 99.1 Å². The number of likely N-dealkylation sites (N-methyl/N-ethyl adjacent to an activating group) is 1. The lowest BCUT2D eigenvalue weighted by Crippen LogP contribution is -2.50. The maximum Gasteiger partial charge on any atom is 0.362 e. The molecule has 0 saturated carbocycles. The first-order valence-corrected chi connectivity index (χ1v) is 15.3. The van der Waals surface area contributed by atoms with Crippen molar-refractivity contribution in [3.8, 4) is 0 Å². The van der Waals surface area contributed by atoms with E-state index in [1.807, 2.05) is 33.3 Å². The number of carboxylic acid groups (broad SMARTS) is 1. The smallest absolute Gasteiger partial charge is 0.362 e. The van der Waals surface area contributed by atoms with Crippen molar-refractivity contribution < 1.29 is 38.2 Å². The van der Waals surface area contributed by atoms with Crippen LogP contribution in [-0.2, 0) is 28.6 Å². The van der Waals surface area contributed by atoms with E-state index >= 15 is 0 Å². The van der Waals surface area contributed by atoms with Crippen molar-refractivity contribution in [1.29, 1.82) is 0 Å². The molecule has 0 fully saturated rings. The summed E-state index contributed by atoms with van der Waals surface area (Å²) in [7, 11) is 5.45. The Morgan fingerprint density at radius 2 is 1.31 bits per heavy atom. The van der Waals surface area contributed by atoms with E-state index in [2.05, 4.69) is 56.4 Å². The van der Waals surface area contributed by atoms with Crippen LogP contribution >= 0.6 is 0 Å². The summed E-state index contributed by atoms with van der Waals surface area (Å²) in [5.74, 6) is -1.68. The molecule has 0 aliphatic heterocycles. The predicted molar refractivity (Wildman–Crippen MR) is 169 cm³/mol. The number of aliphatic carboxylic acids is 1. The number of esters is 2. The van der Waals surface area contributed by atoms with Gasteiger partial charge in [0.1, 0.15) is 6.61 Å². The molecule has 238 valence electrons. The van der Waals surface area contributed by atoms with Crippen molar-refractivity contribution in [2.75, 3.05) is 41.0 Å². The van der Waals surface area contributed by atoms with Gasteiger partial charge in [-0.25, -0.2) is 4.79 Å². The molecule has 42 heavy (non-hydrogen) atoms. The lowest BCUT2D eigenvalue weighted by atomic mass is 10.1. The van der Waals surface area contributed by atoms with Crippen LogP contribution < -0.4 is 0 Å². The van der Waals surface area contributed by atoms with Gasteiger partial charge >= 0.3 is 17.9 Å². The third-order valence-corrected chi connectivity index (χ3v) is 6.20. The normalized spacial score (nSPS) is 14.0. The fourth-order valence-corrected chi connectivity index (χ4v) is 3.83. The molecule has 0 rings (SSSR count). The maximum atomic E-state index is 12.5. The molecule has 0 aromatic rings. The minimum atomic E-state index is -0.896. The van der Waals surface area contributed by atoms with E-state index in [0.717, 1.165) is 44.9 Å². The van der Waals surface area contributed by atoms with Crippen LogP contribution in [0.2, 0.25) is 0 Å². The molecule has 0 aromatic heterocycles. The number of unbranched alkanes of at least 4 members (excludes halogenated alkanes) is 2. The van der Waals surface area contributed by atoms with Crippen LogP contribution in [0, 0.1) is 0 Å². The van der Waals surface area contributed by atoms with Gasteiger partial charge in [-0.15, -0.1) is 0 Å². The second-order valence-electron chi connectivity index (χ2n) is 11.0. The van der Waals surface area contributed by atoms with Gasteiger partial charge in [0.25, 0.3) is 0 Å². The molecule has 1 N–H and O–H groups in total. The SMILES string of the molecule is CC/C=C/C/C=C/C/C=C/CC(=O)OCC(COCCC(C(=O)O)[N+](C)(C)C)OC(=O)CCCC/C=C/C/C=C/CC. The quantitative estimate of drug-likeness (QED) is 0.0545. The third-order valence-electron chi connectivity index (χ3n) is 6.20. The van der Waals surface area contributed by atoms with Crippen LogP contribution in [0.3, 0.4) is 0 Å². The number of carbonyl (C=O) groups excluding carboxylic acids is 2. The third kappa shape index (κ3) is 23.7. The van der Waals surface area contributed by atoms with Crippen LogP contribution in [0.25, 0.3) is 0 Å². The van der Waals surface area contributed by atoms with Crippen LogP contribution in [-0.4, -0.2) is 80.6 Å². The highest BCUT2D eigenvalue weighted by atomic mass is 16.6. The summed E-state index contributed by atoms with van der Waals surface area (Å²) >= 11 is 0. The van der Waals surface area contributed by atoms with Gasteiger partial charge < -0.3 is 23.8 Å². The Bertz CT molecular complexity index is 881. The lowest BCUT2D eigenvalue weighted by Gasteiger charge is -2.31. The summed E-state index contributed by atoms with van der Waals surface area (Å²) in [6.07, 6.45) is 27.5. The first kappa shape index (κ1) is 39.0. The second kappa shape index (κ2) is 25.7. The molecular formula is C34H56NO7+. The Kier molecular flexibility index (Phi) is 23.9. The number of ether oxygens (including phenoxy) is 3. The molecule has 8 nitrogen and oxygen atoms in total. The molecule has 2 unspecified atom stereocenters. The molecule has 8 heteroatoms. The zero-order chi connectivity index (χ0) is 31.5. The van der Waals surface area contributed by atoms with Gasteiger partial charge in [-0.1, -0.05) is 74.6 Å². The first-order chi connectivity index (χ1) is 20.1. The van der Waals surface area contributed by atoms with Gasteiger partial charge in [0.05, 0.1) is 40.8 Å². The van der Waals surface area contributed by atoms with Gasteiger partial charge in [0.2, 0.25) is 0 Å². The molecule has 0 amide bonds. The fourth-order valence-electron chi connectivity index (χ4n) is 3.83. The summed E-state index contributed by atoms with van der Waals surface area (Å²) in [6, 6.07) is -0.630. The fraction of sp³-hybridized carbons (Fsp3) is 0.618. The van der Waals surface area contributed by atoms with Crippen molar-refractivity contribution in [2.45, 2.75) is 96.6 Å². The van der Waals surface area contributed by atoms with E-state index < -0.39 is 24.1 Å². The highest BCUT2D eigenvalue weighted by Crippen LogP contribution is 2.10. The molecule has 2 atom stereocenters. The van der Waals surface area contributed by atoms with E-state index in [0.29, 0.717) is 12.8 Å². The highest BCUT2D eigenvalue weighted by molar-refractivity contribution is 5.72. The molecule has 0 spiro atoms. The van der Waals surface area contributed by atoms with Gasteiger partial charge in [0, 0.05) is 12.8 Å². The molecule has 0 bridgehead atoms. The van der Waals surface area contributed by atoms with Gasteiger partial charge in [-0.2, -0.15) is 0 Å². The largest absolute Gasteiger partial charge is 0.477 e. The minimum Gasteiger partial charge on any atom is -0.477 e. The van der Waals surface area contributed by atoms with Crippen LogP contribution in [0.5, 0.6) is 0 Å². The number of nitrogens with zero attached hydrogens (tertiary/aromatic N) is 1. The molecule has 0 saturated heterocycles. The summed E-state index contributed by atoms with van der Waals surface area (Å²) in [5.41, 5.74) is 0.